The van der Waals surface area contributed by atoms with Crippen LogP contribution in [0.15, 0.2) is 16.6 Å². The number of benzene rings is 1. The molecule has 0 aliphatic carbocycles. The van der Waals surface area contributed by atoms with Gasteiger partial charge in [0.15, 0.2) is 6.29 Å². The van der Waals surface area contributed by atoms with Crippen molar-refractivity contribution < 1.29 is 14.3 Å². The van der Waals surface area contributed by atoms with Gasteiger partial charge in [-0.15, -0.1) is 0 Å². The summed E-state index contributed by atoms with van der Waals surface area (Å²) in [6.45, 7) is 0. The Labute approximate surface area is 100 Å². The third-order valence-corrected chi connectivity index (χ3v) is 3.18. The second-order valence-electron chi connectivity index (χ2n) is 2.80. The monoisotopic (exact) mass is 290 g/mol. The van der Waals surface area contributed by atoms with Crippen molar-refractivity contribution in [2.45, 2.75) is 6.42 Å². The normalized spacial score (nSPS) is 9.80. The van der Waals surface area contributed by atoms with Gasteiger partial charge in [0, 0.05) is 15.1 Å². The first-order chi connectivity index (χ1) is 7.10. The standard InChI is InChI=1S/C10H8BrClO3/c1-15-9(14)4-7-8(12)3-2-6(5-13)10(7)11/h2-3,5H,4H2,1H3. The topological polar surface area (TPSA) is 43.4 Å². The molecule has 0 radical (unpaired) electrons. The van der Waals surface area contributed by atoms with E-state index < -0.39 is 5.97 Å². The second kappa shape index (κ2) is 5.28. The molecule has 0 heterocycles. The first kappa shape index (κ1) is 12.2. The molecule has 0 spiro atoms. The van der Waals surface area contributed by atoms with E-state index in [2.05, 4.69) is 20.7 Å². The Kier molecular flexibility index (Phi) is 4.29. The summed E-state index contributed by atoms with van der Waals surface area (Å²) in [7, 11) is 1.30. The third-order valence-electron chi connectivity index (χ3n) is 1.89. The van der Waals surface area contributed by atoms with Gasteiger partial charge in [-0.3, -0.25) is 9.59 Å². The fourth-order valence-electron chi connectivity index (χ4n) is 1.09. The molecule has 0 N–H and O–H groups in total. The molecule has 0 amide bonds. The number of hydrogen-bond donors (Lipinski definition) is 0. The maximum absolute atomic E-state index is 11.1. The van der Waals surface area contributed by atoms with Gasteiger partial charge >= 0.3 is 5.97 Å². The van der Waals surface area contributed by atoms with Gasteiger partial charge in [0.25, 0.3) is 0 Å². The van der Waals surface area contributed by atoms with Gasteiger partial charge in [-0.25, -0.2) is 0 Å². The number of methoxy groups -OCH3 is 1. The van der Waals surface area contributed by atoms with Crippen molar-refractivity contribution >= 4 is 39.8 Å². The van der Waals surface area contributed by atoms with Crippen LogP contribution in [0.3, 0.4) is 0 Å². The van der Waals surface area contributed by atoms with Crippen molar-refractivity contribution in [1.82, 2.24) is 0 Å². The van der Waals surface area contributed by atoms with E-state index in [4.69, 9.17) is 11.6 Å². The lowest BCUT2D eigenvalue weighted by molar-refractivity contribution is -0.139. The predicted octanol–water partition coefficient (Wildman–Crippen LogP) is 2.63. The molecular formula is C10H8BrClO3. The van der Waals surface area contributed by atoms with Gasteiger partial charge in [0.1, 0.15) is 0 Å². The molecule has 0 saturated heterocycles. The van der Waals surface area contributed by atoms with Crippen molar-refractivity contribution in [2.24, 2.45) is 0 Å². The molecule has 0 saturated carbocycles. The van der Waals surface area contributed by atoms with Crippen LogP contribution in [0.5, 0.6) is 0 Å². The van der Waals surface area contributed by atoms with E-state index >= 15 is 0 Å². The smallest absolute Gasteiger partial charge is 0.310 e. The van der Waals surface area contributed by atoms with Crippen LogP contribution in [0.2, 0.25) is 5.02 Å². The van der Waals surface area contributed by atoms with Crippen LogP contribution in [0, 0.1) is 0 Å². The summed E-state index contributed by atoms with van der Waals surface area (Å²) >= 11 is 9.13. The Bertz CT molecular complexity index is 404. The third kappa shape index (κ3) is 2.79. The molecule has 5 heteroatoms. The zero-order valence-electron chi connectivity index (χ0n) is 7.92. The minimum absolute atomic E-state index is 0.0393. The number of ether oxygens (including phenoxy) is 1. The molecule has 0 unspecified atom stereocenters. The summed E-state index contributed by atoms with van der Waals surface area (Å²) in [5.74, 6) is -0.402. The summed E-state index contributed by atoms with van der Waals surface area (Å²) in [5, 5.41) is 0.429. The molecule has 0 aromatic heterocycles. The molecule has 1 rings (SSSR count). The molecule has 0 bridgehead atoms. The fourth-order valence-corrected chi connectivity index (χ4v) is 2.00. The van der Waals surface area contributed by atoms with Gasteiger partial charge in [-0.2, -0.15) is 0 Å². The maximum atomic E-state index is 11.1. The van der Waals surface area contributed by atoms with Crippen molar-refractivity contribution in [3.05, 3.63) is 32.8 Å². The van der Waals surface area contributed by atoms with E-state index in [-0.39, 0.29) is 6.42 Å². The zero-order chi connectivity index (χ0) is 11.4. The van der Waals surface area contributed by atoms with Crippen LogP contribution >= 0.6 is 27.5 Å². The minimum Gasteiger partial charge on any atom is -0.469 e. The van der Waals surface area contributed by atoms with Crippen LogP contribution in [0.1, 0.15) is 15.9 Å². The lowest BCUT2D eigenvalue weighted by Crippen LogP contribution is -2.06. The molecule has 0 aliphatic heterocycles. The Hall–Kier alpha value is -0.870. The highest BCUT2D eigenvalue weighted by atomic mass is 79.9. The Morgan fingerprint density at radius 2 is 2.27 bits per heavy atom. The van der Waals surface area contributed by atoms with Gasteiger partial charge < -0.3 is 4.74 Å². The van der Waals surface area contributed by atoms with Crippen LogP contribution in [0.4, 0.5) is 0 Å². The van der Waals surface area contributed by atoms with Crippen molar-refractivity contribution in [3.8, 4) is 0 Å². The van der Waals surface area contributed by atoms with Crippen molar-refractivity contribution in [2.75, 3.05) is 7.11 Å². The van der Waals surface area contributed by atoms with Gasteiger partial charge in [-0.05, 0) is 33.6 Å². The fraction of sp³-hybridized carbons (Fsp3) is 0.200. The Morgan fingerprint density at radius 3 is 2.80 bits per heavy atom. The maximum Gasteiger partial charge on any atom is 0.310 e. The molecule has 1 aromatic rings. The predicted molar refractivity (Wildman–Crippen MR) is 60.3 cm³/mol. The number of rotatable bonds is 3. The molecule has 1 aromatic carbocycles. The Morgan fingerprint density at radius 1 is 1.60 bits per heavy atom. The van der Waals surface area contributed by atoms with E-state index in [1.807, 2.05) is 0 Å². The first-order valence-electron chi connectivity index (χ1n) is 4.09. The Balaban J connectivity index is 3.15. The van der Waals surface area contributed by atoms with Gasteiger partial charge in [0.2, 0.25) is 0 Å². The minimum atomic E-state index is -0.402. The SMILES string of the molecule is COC(=O)Cc1c(Cl)ccc(C=O)c1Br. The van der Waals surface area contributed by atoms with Crippen LogP contribution in [-0.2, 0) is 16.0 Å². The second-order valence-corrected chi connectivity index (χ2v) is 4.00. The molecule has 15 heavy (non-hydrogen) atoms. The van der Waals surface area contributed by atoms with Crippen LogP contribution in [0.25, 0.3) is 0 Å². The summed E-state index contributed by atoms with van der Waals surface area (Å²) in [5.41, 5.74) is 1.02. The summed E-state index contributed by atoms with van der Waals surface area (Å²) < 4.78 is 5.07. The van der Waals surface area contributed by atoms with Crippen LogP contribution in [-0.4, -0.2) is 19.4 Å². The molecule has 0 aliphatic rings. The van der Waals surface area contributed by atoms with E-state index in [0.717, 1.165) is 0 Å². The van der Waals surface area contributed by atoms with Crippen molar-refractivity contribution in [3.63, 3.8) is 0 Å². The highest BCUT2D eigenvalue weighted by Gasteiger charge is 2.13. The molecule has 0 atom stereocenters. The summed E-state index contributed by atoms with van der Waals surface area (Å²) in [4.78, 5) is 21.8. The average Bonchev–Trinajstić information content (AvgIpc) is 2.24. The summed E-state index contributed by atoms with van der Waals surface area (Å²) in [6.07, 6.45) is 0.735. The number of aldehydes is 1. The highest BCUT2D eigenvalue weighted by molar-refractivity contribution is 9.10. The van der Waals surface area contributed by atoms with E-state index in [1.165, 1.54) is 7.11 Å². The number of hydrogen-bond acceptors (Lipinski definition) is 3. The molecular weight excluding hydrogens is 283 g/mol. The lowest BCUT2D eigenvalue weighted by Gasteiger charge is -2.07. The average molecular weight is 292 g/mol. The quantitative estimate of drug-likeness (QED) is 0.635. The van der Waals surface area contributed by atoms with Crippen LogP contribution < -0.4 is 0 Å². The number of halogens is 2. The highest BCUT2D eigenvalue weighted by Crippen LogP contribution is 2.28. The molecule has 80 valence electrons. The van der Waals surface area contributed by atoms with Gasteiger partial charge in [-0.1, -0.05) is 11.6 Å². The van der Waals surface area contributed by atoms with E-state index in [9.17, 15) is 9.59 Å². The van der Waals surface area contributed by atoms with E-state index in [0.29, 0.717) is 26.9 Å². The number of carbonyl (C=O) groups excluding carboxylic acids is 2. The summed E-state index contributed by atoms with van der Waals surface area (Å²) in [6, 6.07) is 3.16. The largest absolute Gasteiger partial charge is 0.469 e. The zero-order valence-corrected chi connectivity index (χ0v) is 10.3. The molecule has 3 nitrogen and oxygen atoms in total. The van der Waals surface area contributed by atoms with Crippen molar-refractivity contribution in [1.29, 1.82) is 0 Å². The number of carbonyl (C=O) groups is 2. The molecule has 0 fully saturated rings. The number of esters is 1. The van der Waals surface area contributed by atoms with Gasteiger partial charge in [0.05, 0.1) is 13.5 Å². The van der Waals surface area contributed by atoms with E-state index in [1.54, 1.807) is 12.1 Å². The lowest BCUT2D eigenvalue weighted by atomic mass is 10.1. The first-order valence-corrected chi connectivity index (χ1v) is 5.26.